The third-order valence-electron chi connectivity index (χ3n) is 7.25. The van der Waals surface area contributed by atoms with Crippen LogP contribution < -0.4 is 0 Å². The first-order chi connectivity index (χ1) is 19.0. The Morgan fingerprint density at radius 1 is 1.13 bits per heavy atom. The predicted octanol–water partition coefficient (Wildman–Crippen LogP) is 5.89. The van der Waals surface area contributed by atoms with Crippen LogP contribution in [0.4, 0.5) is 0 Å². The Morgan fingerprint density at radius 2 is 1.95 bits per heavy atom. The molecule has 2 aromatic carbocycles. The van der Waals surface area contributed by atoms with Gasteiger partial charge in [-0.1, -0.05) is 47.6 Å². The number of ether oxygens (including phenoxy) is 1. The van der Waals surface area contributed by atoms with Crippen molar-refractivity contribution < 1.29 is 9.53 Å². The van der Waals surface area contributed by atoms with Crippen molar-refractivity contribution in [1.82, 2.24) is 28.9 Å². The van der Waals surface area contributed by atoms with Crippen LogP contribution in [0.5, 0.6) is 0 Å². The summed E-state index contributed by atoms with van der Waals surface area (Å²) in [5.74, 6) is 0.999. The predicted molar refractivity (Wildman–Crippen MR) is 153 cm³/mol. The van der Waals surface area contributed by atoms with Gasteiger partial charge in [-0.05, 0) is 57.0 Å². The molecule has 1 aliphatic heterocycles. The lowest BCUT2D eigenvalue weighted by Crippen LogP contribution is -2.17. The van der Waals surface area contributed by atoms with Gasteiger partial charge in [-0.15, -0.1) is 10.2 Å². The van der Waals surface area contributed by atoms with Crippen LogP contribution in [0.2, 0.25) is 5.02 Å². The van der Waals surface area contributed by atoms with Gasteiger partial charge in [0.25, 0.3) is 0 Å². The number of aromatic nitrogens is 6. The third-order valence-corrected chi connectivity index (χ3v) is 8.50. The van der Waals surface area contributed by atoms with Crippen LogP contribution >= 0.6 is 23.4 Å². The Kier molecular flexibility index (Phi) is 7.29. The van der Waals surface area contributed by atoms with Crippen molar-refractivity contribution >= 4 is 40.2 Å². The number of benzene rings is 2. The normalized spacial score (nSPS) is 15.4. The van der Waals surface area contributed by atoms with E-state index in [9.17, 15) is 4.79 Å². The quantitative estimate of drug-likeness (QED) is 0.165. The van der Waals surface area contributed by atoms with E-state index in [1.807, 2.05) is 77.6 Å². The van der Waals surface area contributed by atoms with Crippen molar-refractivity contribution in [1.29, 1.82) is 0 Å². The Bertz CT molecular complexity index is 1650. The van der Waals surface area contributed by atoms with E-state index in [0.29, 0.717) is 22.5 Å². The number of carbonyl (C=O) groups is 1. The lowest BCUT2D eigenvalue weighted by atomic mass is 10.2. The van der Waals surface area contributed by atoms with E-state index in [1.165, 1.54) is 11.8 Å². The molecule has 5 aromatic rings. The second-order valence-electron chi connectivity index (χ2n) is 9.79. The van der Waals surface area contributed by atoms with Gasteiger partial charge in [0, 0.05) is 30.1 Å². The fourth-order valence-electron chi connectivity index (χ4n) is 5.22. The number of rotatable bonds is 9. The van der Waals surface area contributed by atoms with Crippen molar-refractivity contribution in [3.63, 3.8) is 0 Å². The number of aryl methyl sites for hydroxylation is 1. The van der Waals surface area contributed by atoms with Gasteiger partial charge >= 0.3 is 0 Å². The minimum atomic E-state index is 0.0579. The van der Waals surface area contributed by atoms with E-state index >= 15 is 0 Å². The molecule has 0 amide bonds. The van der Waals surface area contributed by atoms with E-state index in [0.717, 1.165) is 59.7 Å². The topological polar surface area (TPSA) is 79.8 Å². The van der Waals surface area contributed by atoms with Gasteiger partial charge in [-0.25, -0.2) is 4.98 Å². The zero-order chi connectivity index (χ0) is 26.9. The zero-order valence-corrected chi connectivity index (χ0v) is 23.5. The maximum atomic E-state index is 13.4. The van der Waals surface area contributed by atoms with Gasteiger partial charge in [-0.3, -0.25) is 9.36 Å². The summed E-state index contributed by atoms with van der Waals surface area (Å²) in [7, 11) is 0. The van der Waals surface area contributed by atoms with Crippen LogP contribution in [0.15, 0.2) is 66.1 Å². The number of imidazole rings is 1. The minimum Gasteiger partial charge on any atom is -0.376 e. The molecule has 1 saturated heterocycles. The summed E-state index contributed by atoms with van der Waals surface area (Å²) < 4.78 is 12.0. The first kappa shape index (κ1) is 25.9. The molecule has 39 heavy (non-hydrogen) atoms. The van der Waals surface area contributed by atoms with Crippen molar-refractivity contribution in [3.05, 3.63) is 88.7 Å². The SMILES string of the molecule is Cc1cc(C(=O)CSc2nnc(Cn3cnc4ccccc43)n2-c2ccccc2Cl)c(C)n1C[C@H]1CCCO1. The summed E-state index contributed by atoms with van der Waals surface area (Å²) in [6.45, 7) is 6.12. The average Bonchev–Trinajstić information content (AvgIpc) is 3.74. The molecule has 0 aliphatic carbocycles. The number of hydrogen-bond donors (Lipinski definition) is 0. The molecular weight excluding hydrogens is 532 g/mol. The number of fused-ring (bicyclic) bond motifs is 1. The Morgan fingerprint density at radius 3 is 2.77 bits per heavy atom. The highest BCUT2D eigenvalue weighted by Gasteiger charge is 2.23. The van der Waals surface area contributed by atoms with Gasteiger partial charge in [0.1, 0.15) is 0 Å². The van der Waals surface area contributed by atoms with Crippen LogP contribution in [-0.2, 0) is 17.8 Å². The molecule has 0 bridgehead atoms. The van der Waals surface area contributed by atoms with Crippen LogP contribution in [0.25, 0.3) is 16.7 Å². The van der Waals surface area contributed by atoms with E-state index in [4.69, 9.17) is 16.3 Å². The van der Waals surface area contributed by atoms with Gasteiger partial charge in [0.15, 0.2) is 16.8 Å². The molecule has 8 nitrogen and oxygen atoms in total. The van der Waals surface area contributed by atoms with Crippen LogP contribution in [0, 0.1) is 13.8 Å². The maximum Gasteiger partial charge on any atom is 0.196 e. The third kappa shape index (κ3) is 5.14. The summed E-state index contributed by atoms with van der Waals surface area (Å²) in [5.41, 5.74) is 5.49. The fourth-order valence-corrected chi connectivity index (χ4v) is 6.29. The first-order valence-electron chi connectivity index (χ1n) is 13.0. The number of thioether (sulfide) groups is 1. The Hall–Kier alpha value is -3.40. The molecule has 200 valence electrons. The minimum absolute atomic E-state index is 0.0579. The zero-order valence-electron chi connectivity index (χ0n) is 21.9. The van der Waals surface area contributed by atoms with Crippen molar-refractivity contribution in [3.8, 4) is 5.69 Å². The Labute approximate surface area is 236 Å². The molecule has 1 fully saturated rings. The number of hydrogen-bond acceptors (Lipinski definition) is 6. The summed E-state index contributed by atoms with van der Waals surface area (Å²) >= 11 is 7.99. The summed E-state index contributed by atoms with van der Waals surface area (Å²) in [6.07, 6.45) is 4.18. The molecule has 1 atom stereocenters. The number of para-hydroxylation sites is 3. The van der Waals surface area contributed by atoms with Crippen LogP contribution in [-0.4, -0.2) is 53.1 Å². The lowest BCUT2D eigenvalue weighted by Gasteiger charge is -2.15. The second kappa shape index (κ2) is 11.0. The number of ketones is 1. The first-order valence-corrected chi connectivity index (χ1v) is 14.4. The van der Waals surface area contributed by atoms with Gasteiger partial charge in [-0.2, -0.15) is 0 Å². The summed E-state index contributed by atoms with van der Waals surface area (Å²) in [5, 5.41) is 10.2. The molecule has 6 rings (SSSR count). The molecule has 0 radical (unpaired) electrons. The largest absolute Gasteiger partial charge is 0.376 e. The Balaban J connectivity index is 1.27. The van der Waals surface area contributed by atoms with Crippen molar-refractivity contribution in [2.45, 2.75) is 51.0 Å². The second-order valence-corrected chi connectivity index (χ2v) is 11.1. The summed E-state index contributed by atoms with van der Waals surface area (Å²) in [4.78, 5) is 17.9. The highest BCUT2D eigenvalue weighted by atomic mass is 35.5. The fraction of sp³-hybridized carbons (Fsp3) is 0.310. The molecule has 3 aromatic heterocycles. The maximum absolute atomic E-state index is 13.4. The number of halogens is 1. The molecule has 1 aliphatic rings. The monoisotopic (exact) mass is 560 g/mol. The average molecular weight is 561 g/mol. The lowest BCUT2D eigenvalue weighted by molar-refractivity contribution is 0.0957. The highest BCUT2D eigenvalue weighted by molar-refractivity contribution is 7.99. The van der Waals surface area contributed by atoms with E-state index in [-0.39, 0.29) is 17.6 Å². The van der Waals surface area contributed by atoms with Gasteiger partial charge in [0.2, 0.25) is 0 Å². The highest BCUT2D eigenvalue weighted by Crippen LogP contribution is 2.29. The van der Waals surface area contributed by atoms with Crippen LogP contribution in [0.1, 0.15) is 40.4 Å². The molecule has 0 N–H and O–H groups in total. The molecule has 10 heteroatoms. The number of nitrogens with zero attached hydrogens (tertiary/aromatic N) is 6. The number of Topliss-reactive ketones (excluding diaryl/α,β-unsaturated/α-hetero) is 1. The van der Waals surface area contributed by atoms with Crippen molar-refractivity contribution in [2.24, 2.45) is 0 Å². The molecule has 0 unspecified atom stereocenters. The molecular formula is C29H29ClN6O2S. The van der Waals surface area contributed by atoms with E-state index < -0.39 is 0 Å². The van der Waals surface area contributed by atoms with Crippen LogP contribution in [0.3, 0.4) is 0 Å². The van der Waals surface area contributed by atoms with Gasteiger partial charge < -0.3 is 13.9 Å². The molecule has 0 saturated carbocycles. The summed E-state index contributed by atoms with van der Waals surface area (Å²) in [6, 6.07) is 17.6. The van der Waals surface area contributed by atoms with Crippen molar-refractivity contribution in [2.75, 3.05) is 12.4 Å². The van der Waals surface area contributed by atoms with E-state index in [1.54, 1.807) is 6.33 Å². The van der Waals surface area contributed by atoms with Gasteiger partial charge in [0.05, 0.1) is 46.5 Å². The standard InChI is InChI=1S/C29H29ClN6O2S/c1-19-14-22(20(2)35(19)15-21-8-7-13-38-21)27(37)17-39-29-33-32-28(36(29)25-11-5-3-9-23(25)30)16-34-18-31-24-10-4-6-12-26(24)34/h3-6,9-12,14,18,21H,7-8,13,15-17H2,1-2H3/t21-/m1/s1. The molecule has 0 spiro atoms. The number of carbonyl (C=O) groups excluding carboxylic acids is 1. The van der Waals surface area contributed by atoms with E-state index in [2.05, 4.69) is 19.7 Å². The molecule has 4 heterocycles. The smallest absolute Gasteiger partial charge is 0.196 e.